The van der Waals surface area contributed by atoms with Crippen LogP contribution in [0.5, 0.6) is 0 Å². The number of nitrogens with zero attached hydrogens (tertiary/aromatic N) is 2. The predicted molar refractivity (Wildman–Crippen MR) is 139 cm³/mol. The van der Waals surface area contributed by atoms with E-state index in [1.54, 1.807) is 37.4 Å². The van der Waals surface area contributed by atoms with Gasteiger partial charge in [0, 0.05) is 49.2 Å². The molecule has 0 aliphatic heterocycles. The largest absolute Gasteiger partial charge is 0.383 e. The summed E-state index contributed by atoms with van der Waals surface area (Å²) in [5, 5.41) is 15.1. The molecule has 0 aliphatic rings. The molecule has 0 radical (unpaired) electrons. The Morgan fingerprint density at radius 3 is 2.26 bits per heavy atom. The maximum atomic E-state index is 13.3. The van der Waals surface area contributed by atoms with E-state index >= 15 is 0 Å². The molecule has 0 aliphatic carbocycles. The Labute approximate surface area is 206 Å². The van der Waals surface area contributed by atoms with Crippen molar-refractivity contribution in [2.75, 3.05) is 43.6 Å². The lowest BCUT2D eigenvalue weighted by Crippen LogP contribution is -2.27. The van der Waals surface area contributed by atoms with Crippen LogP contribution in [0, 0.1) is 11.3 Å². The molecule has 3 aromatic carbocycles. The van der Waals surface area contributed by atoms with Gasteiger partial charge in [-0.3, -0.25) is 9.59 Å². The zero-order valence-corrected chi connectivity index (χ0v) is 20.3. The fourth-order valence-corrected chi connectivity index (χ4v) is 3.86. The van der Waals surface area contributed by atoms with Crippen LogP contribution in [-0.4, -0.2) is 45.2 Å². The van der Waals surface area contributed by atoms with Gasteiger partial charge in [-0.05, 0) is 67.4 Å². The summed E-state index contributed by atoms with van der Waals surface area (Å²) in [5.41, 5.74) is 4.06. The van der Waals surface area contributed by atoms with E-state index in [1.165, 1.54) is 6.07 Å². The molecular weight excluding hydrogens is 440 g/mol. The molecule has 0 aromatic heterocycles. The maximum Gasteiger partial charge on any atom is 0.256 e. The van der Waals surface area contributed by atoms with Crippen LogP contribution in [0.4, 0.5) is 11.4 Å². The molecule has 0 bridgehead atoms. The summed E-state index contributed by atoms with van der Waals surface area (Å²) in [6, 6.07) is 21.8. The van der Waals surface area contributed by atoms with Gasteiger partial charge >= 0.3 is 0 Å². The van der Waals surface area contributed by atoms with Crippen LogP contribution < -0.4 is 15.5 Å². The Balaban J connectivity index is 1.92. The SMILES string of the molecule is CCN(CC)c1ccc(NC(=O)c2ccccc2-c2ccc(C#N)cc2C(=O)NCCOC)cc1. The third-order valence-electron chi connectivity index (χ3n) is 5.70. The lowest BCUT2D eigenvalue weighted by atomic mass is 9.93. The third-order valence-corrected chi connectivity index (χ3v) is 5.70. The first-order chi connectivity index (χ1) is 17.0. The zero-order chi connectivity index (χ0) is 25.2. The maximum absolute atomic E-state index is 13.3. The second-order valence-electron chi connectivity index (χ2n) is 7.84. The van der Waals surface area contributed by atoms with Gasteiger partial charge in [-0.2, -0.15) is 5.26 Å². The molecule has 0 heterocycles. The number of nitriles is 1. The molecule has 7 heteroatoms. The Morgan fingerprint density at radius 1 is 0.914 bits per heavy atom. The zero-order valence-electron chi connectivity index (χ0n) is 20.3. The van der Waals surface area contributed by atoms with Crippen LogP contribution in [0.25, 0.3) is 11.1 Å². The van der Waals surface area contributed by atoms with Crippen LogP contribution in [-0.2, 0) is 4.74 Å². The van der Waals surface area contributed by atoms with Gasteiger partial charge in [-0.15, -0.1) is 0 Å². The first kappa shape index (κ1) is 25.5. The summed E-state index contributed by atoms with van der Waals surface area (Å²) in [4.78, 5) is 28.4. The first-order valence-electron chi connectivity index (χ1n) is 11.6. The van der Waals surface area contributed by atoms with Crippen molar-refractivity contribution < 1.29 is 14.3 Å². The Bertz CT molecular complexity index is 1210. The van der Waals surface area contributed by atoms with E-state index in [9.17, 15) is 14.9 Å². The molecular formula is C28H30N4O3. The van der Waals surface area contributed by atoms with E-state index in [-0.39, 0.29) is 11.8 Å². The summed E-state index contributed by atoms with van der Waals surface area (Å²) < 4.78 is 5.01. The van der Waals surface area contributed by atoms with E-state index < -0.39 is 0 Å². The van der Waals surface area contributed by atoms with E-state index in [1.807, 2.05) is 30.3 Å². The van der Waals surface area contributed by atoms with Crippen LogP contribution in [0.15, 0.2) is 66.7 Å². The second kappa shape index (κ2) is 12.4. The van der Waals surface area contributed by atoms with Gasteiger partial charge in [-0.25, -0.2) is 0 Å². The van der Waals surface area contributed by atoms with Gasteiger partial charge in [0.15, 0.2) is 0 Å². The number of rotatable bonds is 10. The number of carbonyl (C=O) groups is 2. The quantitative estimate of drug-likeness (QED) is 0.419. The Morgan fingerprint density at radius 2 is 1.60 bits per heavy atom. The minimum Gasteiger partial charge on any atom is -0.383 e. The van der Waals surface area contributed by atoms with E-state index in [0.717, 1.165) is 18.8 Å². The van der Waals surface area contributed by atoms with Crippen molar-refractivity contribution in [3.8, 4) is 17.2 Å². The molecule has 3 rings (SSSR count). The average Bonchev–Trinajstić information content (AvgIpc) is 2.90. The van der Waals surface area contributed by atoms with Gasteiger partial charge in [0.1, 0.15) is 0 Å². The minimum atomic E-state index is -0.337. The topological polar surface area (TPSA) is 94.5 Å². The summed E-state index contributed by atoms with van der Waals surface area (Å²) >= 11 is 0. The monoisotopic (exact) mass is 470 g/mol. The number of hydrogen-bond donors (Lipinski definition) is 2. The molecule has 0 saturated carbocycles. The predicted octanol–water partition coefficient (Wildman–Crippen LogP) is 4.70. The molecule has 0 spiro atoms. The number of anilines is 2. The lowest BCUT2D eigenvalue weighted by molar-refractivity contribution is 0.0936. The first-order valence-corrected chi connectivity index (χ1v) is 11.6. The fourth-order valence-electron chi connectivity index (χ4n) is 3.86. The summed E-state index contributed by atoms with van der Waals surface area (Å²) in [6.07, 6.45) is 0. The standard InChI is InChI=1S/C28H30N4O3/c1-4-32(5-2)22-13-11-21(12-14-22)31-28(34)25-9-7-6-8-23(25)24-15-10-20(19-29)18-26(24)27(33)30-16-17-35-3/h6-15,18H,4-5,16-17H2,1-3H3,(H,30,33)(H,31,34). The van der Waals surface area contributed by atoms with Gasteiger partial charge in [0.2, 0.25) is 0 Å². The molecule has 35 heavy (non-hydrogen) atoms. The number of methoxy groups -OCH3 is 1. The molecule has 0 saturated heterocycles. The number of nitrogens with one attached hydrogen (secondary N) is 2. The number of benzene rings is 3. The number of ether oxygens (including phenoxy) is 1. The van der Waals surface area contributed by atoms with Crippen LogP contribution in [0.2, 0.25) is 0 Å². The van der Waals surface area contributed by atoms with Gasteiger partial charge in [0.25, 0.3) is 11.8 Å². The highest BCUT2D eigenvalue weighted by atomic mass is 16.5. The Hall–Kier alpha value is -4.15. The van der Waals surface area contributed by atoms with E-state index in [2.05, 4.69) is 35.5 Å². The summed E-state index contributed by atoms with van der Waals surface area (Å²) in [5.74, 6) is -0.623. The molecule has 2 N–H and O–H groups in total. The average molecular weight is 471 g/mol. The highest BCUT2D eigenvalue weighted by Gasteiger charge is 2.19. The highest BCUT2D eigenvalue weighted by molar-refractivity contribution is 6.11. The van der Waals surface area contributed by atoms with Gasteiger partial charge in [-0.1, -0.05) is 24.3 Å². The van der Waals surface area contributed by atoms with Gasteiger partial charge in [0.05, 0.1) is 18.2 Å². The molecule has 7 nitrogen and oxygen atoms in total. The van der Waals surface area contributed by atoms with Crippen molar-refractivity contribution in [1.82, 2.24) is 5.32 Å². The van der Waals surface area contributed by atoms with Crippen molar-refractivity contribution >= 4 is 23.2 Å². The lowest BCUT2D eigenvalue weighted by Gasteiger charge is -2.21. The highest BCUT2D eigenvalue weighted by Crippen LogP contribution is 2.29. The van der Waals surface area contributed by atoms with E-state index in [4.69, 9.17) is 4.74 Å². The molecule has 180 valence electrons. The van der Waals surface area contributed by atoms with Crippen molar-refractivity contribution in [1.29, 1.82) is 5.26 Å². The second-order valence-corrected chi connectivity index (χ2v) is 7.84. The molecule has 2 amide bonds. The molecule has 0 fully saturated rings. The number of amides is 2. The van der Waals surface area contributed by atoms with Crippen molar-refractivity contribution in [2.24, 2.45) is 0 Å². The fraction of sp³-hybridized carbons (Fsp3) is 0.250. The van der Waals surface area contributed by atoms with Crippen LogP contribution >= 0.6 is 0 Å². The molecule has 0 unspecified atom stereocenters. The summed E-state index contributed by atoms with van der Waals surface area (Å²) in [6.45, 7) is 6.71. The Kier molecular flexibility index (Phi) is 8.99. The number of carbonyl (C=O) groups excluding carboxylic acids is 2. The minimum absolute atomic E-state index is 0.286. The third kappa shape index (κ3) is 6.25. The summed E-state index contributed by atoms with van der Waals surface area (Å²) in [7, 11) is 1.56. The van der Waals surface area contributed by atoms with E-state index in [0.29, 0.717) is 46.7 Å². The molecule has 3 aromatic rings. The smallest absolute Gasteiger partial charge is 0.256 e. The number of hydrogen-bond acceptors (Lipinski definition) is 5. The van der Waals surface area contributed by atoms with Crippen molar-refractivity contribution in [3.05, 3.63) is 83.4 Å². The van der Waals surface area contributed by atoms with Crippen LogP contribution in [0.1, 0.15) is 40.1 Å². The normalized spacial score (nSPS) is 10.3. The van der Waals surface area contributed by atoms with Crippen molar-refractivity contribution in [2.45, 2.75) is 13.8 Å². The van der Waals surface area contributed by atoms with Crippen molar-refractivity contribution in [3.63, 3.8) is 0 Å². The van der Waals surface area contributed by atoms with Gasteiger partial charge < -0.3 is 20.3 Å². The van der Waals surface area contributed by atoms with Crippen LogP contribution in [0.3, 0.4) is 0 Å². The molecule has 0 atom stereocenters.